The summed E-state index contributed by atoms with van der Waals surface area (Å²) < 4.78 is 0. The first-order chi connectivity index (χ1) is 17.3. The maximum Gasteiger partial charge on any atom is 0.219 e. The monoisotopic (exact) mass is 491 g/mol. The van der Waals surface area contributed by atoms with Gasteiger partial charge in [0.05, 0.1) is 0 Å². The molecule has 1 fully saturated rings. The van der Waals surface area contributed by atoms with Crippen LogP contribution in [-0.2, 0) is 20.8 Å². The molecular weight excluding hydrogens is 446 g/mol. The van der Waals surface area contributed by atoms with Crippen molar-refractivity contribution in [2.45, 2.75) is 85.5 Å². The minimum absolute atomic E-state index is 0. The summed E-state index contributed by atoms with van der Waals surface area (Å²) in [7, 11) is 1.65. The van der Waals surface area contributed by atoms with E-state index >= 15 is 0 Å². The average Bonchev–Trinajstić information content (AvgIpc) is 3.41. The van der Waals surface area contributed by atoms with Gasteiger partial charge in [-0.25, -0.2) is 0 Å². The van der Waals surface area contributed by atoms with E-state index in [1.807, 2.05) is 32.0 Å². The number of carbonyl (C=O) groups excluding carboxylic acids is 3. The van der Waals surface area contributed by atoms with Crippen LogP contribution >= 0.6 is 0 Å². The molecule has 0 aromatic heterocycles. The molecule has 1 amide bonds. The number of rotatable bonds is 11. The number of allylic oxidation sites excluding steroid dienone is 5. The van der Waals surface area contributed by atoms with Crippen molar-refractivity contribution in [3.8, 4) is 0 Å². The van der Waals surface area contributed by atoms with E-state index in [1.54, 1.807) is 7.05 Å². The van der Waals surface area contributed by atoms with Crippen molar-refractivity contribution in [1.82, 2.24) is 5.32 Å². The fraction of sp³-hybridized carbons (Fsp3) is 0.531. The zero-order chi connectivity index (χ0) is 26.5. The van der Waals surface area contributed by atoms with Crippen LogP contribution in [0.25, 0.3) is 11.1 Å². The highest BCUT2D eigenvalue weighted by molar-refractivity contribution is 6.47. The highest BCUT2D eigenvalue weighted by Gasteiger charge is 2.58. The summed E-state index contributed by atoms with van der Waals surface area (Å²) in [6, 6.07) is 5.98. The van der Waals surface area contributed by atoms with Gasteiger partial charge in [-0.1, -0.05) is 70.0 Å². The molecule has 1 aromatic carbocycles. The Morgan fingerprint density at radius 3 is 2.39 bits per heavy atom. The second kappa shape index (κ2) is 12.0. The van der Waals surface area contributed by atoms with E-state index in [2.05, 4.69) is 37.9 Å². The summed E-state index contributed by atoms with van der Waals surface area (Å²) in [5.41, 5.74) is 5.67. The van der Waals surface area contributed by atoms with Crippen LogP contribution in [0, 0.1) is 17.3 Å². The van der Waals surface area contributed by atoms with Crippen LogP contribution in [0.3, 0.4) is 0 Å². The van der Waals surface area contributed by atoms with Gasteiger partial charge in [0, 0.05) is 38.9 Å². The van der Waals surface area contributed by atoms with Gasteiger partial charge in [0.15, 0.2) is 5.78 Å². The Balaban J connectivity index is 0.00000157. The van der Waals surface area contributed by atoms with E-state index in [0.29, 0.717) is 42.1 Å². The van der Waals surface area contributed by atoms with Crippen molar-refractivity contribution in [2.75, 3.05) is 7.05 Å². The third kappa shape index (κ3) is 5.79. The number of benzene rings is 1. The molecule has 1 saturated carbocycles. The molecule has 4 rings (SSSR count). The molecule has 0 spiro atoms. The highest BCUT2D eigenvalue weighted by atomic mass is 16.1. The SMILES string of the molecule is C=C1C(=O)/C(=C(/C)CC23CC2C=CC3C)c2cc(CC(=O)CCCCCCC(=O)NC)ccc21.CC.[HH]. The first-order valence-electron chi connectivity index (χ1n) is 13.7. The minimum Gasteiger partial charge on any atom is -0.359 e. The Morgan fingerprint density at radius 2 is 1.78 bits per heavy atom. The number of Topliss-reactive ketones (excluding diaryl/α,β-unsaturated/α-hetero) is 2. The van der Waals surface area contributed by atoms with E-state index in [9.17, 15) is 14.4 Å². The summed E-state index contributed by atoms with van der Waals surface area (Å²) in [5, 5.41) is 2.63. The number of amides is 1. The Bertz CT molecular complexity index is 1100. The number of ketones is 2. The van der Waals surface area contributed by atoms with Gasteiger partial charge in [-0.05, 0) is 72.6 Å². The summed E-state index contributed by atoms with van der Waals surface area (Å²) >= 11 is 0. The van der Waals surface area contributed by atoms with Crippen molar-refractivity contribution in [3.63, 3.8) is 0 Å². The number of hydrogen-bond donors (Lipinski definition) is 1. The van der Waals surface area contributed by atoms with E-state index in [-0.39, 0.29) is 18.9 Å². The molecule has 0 radical (unpaired) electrons. The number of unbranched alkanes of at least 4 members (excludes halogenated alkanes) is 3. The van der Waals surface area contributed by atoms with Gasteiger partial charge in [0.1, 0.15) is 5.78 Å². The summed E-state index contributed by atoms with van der Waals surface area (Å²) in [6.45, 7) is 12.5. The third-order valence-electron chi connectivity index (χ3n) is 8.21. The largest absolute Gasteiger partial charge is 0.359 e. The molecule has 0 aliphatic heterocycles. The van der Waals surface area contributed by atoms with Crippen molar-refractivity contribution in [1.29, 1.82) is 0 Å². The first kappa shape index (κ1) is 27.8. The molecule has 3 aliphatic carbocycles. The lowest BCUT2D eigenvalue weighted by Crippen LogP contribution is -2.16. The molecule has 36 heavy (non-hydrogen) atoms. The predicted octanol–water partition coefficient (Wildman–Crippen LogP) is 7.13. The number of nitrogens with one attached hydrogen (secondary N) is 1. The molecule has 3 atom stereocenters. The van der Waals surface area contributed by atoms with E-state index in [0.717, 1.165) is 59.9 Å². The number of fused-ring (bicyclic) bond motifs is 2. The molecule has 0 bridgehead atoms. The standard InChI is InChI=1S/C30H37NO3.C2H6.H2/c1-19(17-30-18-23(30)13-11-20(30)2)28-26-16-22(12-14-25(26)21(3)29(28)34)15-24(32)9-7-5-6-8-10-27(33)31-4;1-2;/h11-14,16,20,23H,3,5-10,15,17-18H2,1-2,4H3,(H,31,33);1-2H3;1H/b28-19-;;. The molecule has 3 aliphatic rings. The zero-order valence-corrected chi connectivity index (χ0v) is 22.8. The van der Waals surface area contributed by atoms with Crippen LogP contribution in [0.1, 0.15) is 97.2 Å². The lowest BCUT2D eigenvalue weighted by molar-refractivity contribution is -0.121. The van der Waals surface area contributed by atoms with Gasteiger partial charge in [0.25, 0.3) is 0 Å². The third-order valence-corrected chi connectivity index (χ3v) is 8.21. The van der Waals surface area contributed by atoms with Crippen molar-refractivity contribution < 1.29 is 15.8 Å². The second-order valence-corrected chi connectivity index (χ2v) is 10.5. The van der Waals surface area contributed by atoms with Crippen molar-refractivity contribution >= 4 is 28.6 Å². The van der Waals surface area contributed by atoms with Crippen LogP contribution < -0.4 is 5.32 Å². The van der Waals surface area contributed by atoms with Crippen LogP contribution in [0.2, 0.25) is 0 Å². The molecule has 0 heterocycles. The summed E-state index contributed by atoms with van der Waals surface area (Å²) in [5.74, 6) is 1.55. The zero-order valence-electron chi connectivity index (χ0n) is 22.8. The Labute approximate surface area is 218 Å². The molecular formula is C32H45NO3. The minimum atomic E-state index is 0. The normalized spacial score (nSPS) is 24.6. The maximum atomic E-state index is 13.1. The molecule has 3 unspecified atom stereocenters. The molecule has 1 N–H and O–H groups in total. The molecule has 196 valence electrons. The van der Waals surface area contributed by atoms with Crippen LogP contribution in [-0.4, -0.2) is 24.5 Å². The summed E-state index contributed by atoms with van der Waals surface area (Å²) in [4.78, 5) is 37.0. The average molecular weight is 492 g/mol. The molecule has 0 saturated heterocycles. The lowest BCUT2D eigenvalue weighted by Gasteiger charge is -2.20. The lowest BCUT2D eigenvalue weighted by atomic mass is 9.84. The van der Waals surface area contributed by atoms with Gasteiger partial charge in [0.2, 0.25) is 5.91 Å². The second-order valence-electron chi connectivity index (χ2n) is 10.5. The topological polar surface area (TPSA) is 63.2 Å². The number of carbonyl (C=O) groups is 3. The fourth-order valence-electron chi connectivity index (χ4n) is 5.97. The number of hydrogen-bond acceptors (Lipinski definition) is 3. The van der Waals surface area contributed by atoms with Crippen molar-refractivity contribution in [2.24, 2.45) is 17.3 Å². The van der Waals surface area contributed by atoms with E-state index in [1.165, 1.54) is 6.42 Å². The quantitative estimate of drug-likeness (QED) is 0.203. The molecule has 4 heteroatoms. The van der Waals surface area contributed by atoms with Crippen LogP contribution in [0.5, 0.6) is 0 Å². The van der Waals surface area contributed by atoms with Crippen molar-refractivity contribution in [3.05, 3.63) is 59.2 Å². The maximum absolute atomic E-state index is 13.1. The first-order valence-corrected chi connectivity index (χ1v) is 13.7. The summed E-state index contributed by atoms with van der Waals surface area (Å²) in [6.07, 6.45) is 12.0. The van der Waals surface area contributed by atoms with Gasteiger partial charge in [-0.2, -0.15) is 0 Å². The van der Waals surface area contributed by atoms with E-state index < -0.39 is 0 Å². The van der Waals surface area contributed by atoms with Crippen LogP contribution in [0.4, 0.5) is 0 Å². The molecule has 4 nitrogen and oxygen atoms in total. The van der Waals surface area contributed by atoms with E-state index in [4.69, 9.17) is 0 Å². The Morgan fingerprint density at radius 1 is 1.08 bits per heavy atom. The Kier molecular flexibility index (Phi) is 9.27. The van der Waals surface area contributed by atoms with Gasteiger partial charge >= 0.3 is 0 Å². The van der Waals surface area contributed by atoms with Crippen LogP contribution in [0.15, 0.2) is 42.5 Å². The van der Waals surface area contributed by atoms with Gasteiger partial charge < -0.3 is 5.32 Å². The highest BCUT2D eigenvalue weighted by Crippen LogP contribution is 2.66. The smallest absolute Gasteiger partial charge is 0.219 e. The molecule has 1 aromatic rings. The Hall–Kier alpha value is -2.75. The fourth-order valence-corrected chi connectivity index (χ4v) is 5.97. The van der Waals surface area contributed by atoms with Gasteiger partial charge in [-0.15, -0.1) is 0 Å². The van der Waals surface area contributed by atoms with Gasteiger partial charge in [-0.3, -0.25) is 14.4 Å². The predicted molar refractivity (Wildman–Crippen MR) is 150 cm³/mol.